The van der Waals surface area contributed by atoms with Gasteiger partial charge in [-0.15, -0.1) is 0 Å². The summed E-state index contributed by atoms with van der Waals surface area (Å²) in [5.41, 5.74) is 0.893. The van der Waals surface area contributed by atoms with Gasteiger partial charge in [-0.05, 0) is 48.3 Å². The van der Waals surface area contributed by atoms with E-state index in [1.54, 1.807) is 12.8 Å². The van der Waals surface area contributed by atoms with Crippen LogP contribution in [0.2, 0.25) is 0 Å². The minimum absolute atomic E-state index is 0.893. The van der Waals surface area contributed by atoms with Gasteiger partial charge < -0.3 is 0 Å². The molecule has 0 heterocycles. The summed E-state index contributed by atoms with van der Waals surface area (Å²) >= 11 is 0. The third-order valence-corrected chi connectivity index (χ3v) is 5.29. The Morgan fingerprint density at radius 2 is 2.17 bits per heavy atom. The first-order valence-electron chi connectivity index (χ1n) is 5.79. The number of rotatable bonds is 1. The Hall–Kier alpha value is 0. The molecular weight excluding hydrogens is 144 g/mol. The summed E-state index contributed by atoms with van der Waals surface area (Å²) in [6, 6.07) is 0. The molecule has 0 nitrogen and oxygen atoms in total. The Morgan fingerprint density at radius 3 is 2.92 bits per heavy atom. The summed E-state index contributed by atoms with van der Waals surface area (Å²) < 4.78 is 0. The van der Waals surface area contributed by atoms with Gasteiger partial charge in [-0.25, -0.2) is 0 Å². The molecule has 5 atom stereocenters. The fourth-order valence-electron chi connectivity index (χ4n) is 4.74. The average molecular weight is 164 g/mol. The van der Waals surface area contributed by atoms with Gasteiger partial charge in [0.25, 0.3) is 0 Å². The van der Waals surface area contributed by atoms with E-state index in [-0.39, 0.29) is 0 Å². The molecule has 0 aromatic carbocycles. The van der Waals surface area contributed by atoms with Crippen LogP contribution in [0.25, 0.3) is 0 Å². The molecule has 68 valence electrons. The van der Waals surface area contributed by atoms with Crippen LogP contribution in [0, 0.1) is 29.1 Å². The van der Waals surface area contributed by atoms with Crippen LogP contribution in [0.3, 0.4) is 0 Å². The molecule has 3 aliphatic carbocycles. The second kappa shape index (κ2) is 2.08. The van der Waals surface area contributed by atoms with Crippen LogP contribution in [0.5, 0.6) is 0 Å². The van der Waals surface area contributed by atoms with Crippen molar-refractivity contribution in [3.8, 4) is 0 Å². The third-order valence-electron chi connectivity index (χ3n) is 5.29. The first kappa shape index (κ1) is 7.41. The van der Waals surface area contributed by atoms with Crippen LogP contribution in [0.4, 0.5) is 0 Å². The van der Waals surface area contributed by atoms with Crippen LogP contribution in [-0.2, 0) is 0 Å². The van der Waals surface area contributed by atoms with E-state index in [4.69, 9.17) is 0 Å². The SMILES string of the molecule is CCC12CC1C1CCCC(C)C12. The zero-order chi connectivity index (χ0) is 8.34. The van der Waals surface area contributed by atoms with Crippen LogP contribution in [0.1, 0.15) is 46.0 Å². The summed E-state index contributed by atoms with van der Waals surface area (Å²) in [5.74, 6) is 4.58. The van der Waals surface area contributed by atoms with Gasteiger partial charge in [0, 0.05) is 0 Å². The summed E-state index contributed by atoms with van der Waals surface area (Å²) in [7, 11) is 0. The molecule has 3 aliphatic rings. The van der Waals surface area contributed by atoms with Crippen molar-refractivity contribution in [3.63, 3.8) is 0 Å². The normalized spacial score (nSPS) is 61.5. The van der Waals surface area contributed by atoms with Gasteiger partial charge in [-0.3, -0.25) is 0 Å². The Kier molecular flexibility index (Phi) is 1.28. The molecule has 3 fully saturated rings. The summed E-state index contributed by atoms with van der Waals surface area (Å²) in [6.45, 7) is 4.92. The van der Waals surface area contributed by atoms with Crippen molar-refractivity contribution in [1.82, 2.24) is 0 Å². The third kappa shape index (κ3) is 0.625. The molecule has 0 amide bonds. The fraction of sp³-hybridized carbons (Fsp3) is 1.00. The molecule has 0 heteroatoms. The van der Waals surface area contributed by atoms with Crippen LogP contribution in [-0.4, -0.2) is 0 Å². The van der Waals surface area contributed by atoms with Gasteiger partial charge in [-0.2, -0.15) is 0 Å². The zero-order valence-corrected chi connectivity index (χ0v) is 8.34. The van der Waals surface area contributed by atoms with Crippen LogP contribution >= 0.6 is 0 Å². The predicted molar refractivity (Wildman–Crippen MR) is 50.8 cm³/mol. The monoisotopic (exact) mass is 164 g/mol. The topological polar surface area (TPSA) is 0 Å². The Labute approximate surface area is 75.7 Å². The second-order valence-electron chi connectivity index (χ2n) is 5.50. The lowest BCUT2D eigenvalue weighted by atomic mass is 9.54. The van der Waals surface area contributed by atoms with Crippen molar-refractivity contribution in [2.24, 2.45) is 29.1 Å². The molecule has 12 heavy (non-hydrogen) atoms. The van der Waals surface area contributed by atoms with E-state index in [9.17, 15) is 0 Å². The number of hydrogen-bond acceptors (Lipinski definition) is 0. The van der Waals surface area contributed by atoms with E-state index < -0.39 is 0 Å². The molecule has 0 aliphatic heterocycles. The molecule has 0 aromatic rings. The molecule has 0 bridgehead atoms. The largest absolute Gasteiger partial charge is 0.0648 e. The van der Waals surface area contributed by atoms with Gasteiger partial charge in [0.2, 0.25) is 0 Å². The van der Waals surface area contributed by atoms with E-state index >= 15 is 0 Å². The standard InChI is InChI=1S/C12H20/c1-3-12-7-10(12)9-6-4-5-8(2)11(9)12/h8-11H,3-7H2,1-2H3. The number of hydrogen-bond donors (Lipinski definition) is 0. The molecule has 0 N–H and O–H groups in total. The highest BCUT2D eigenvalue weighted by atomic mass is 14.8. The van der Waals surface area contributed by atoms with E-state index in [0.29, 0.717) is 0 Å². The van der Waals surface area contributed by atoms with Crippen LogP contribution < -0.4 is 0 Å². The molecule has 3 rings (SSSR count). The highest BCUT2D eigenvalue weighted by Gasteiger charge is 2.72. The molecule has 3 saturated carbocycles. The van der Waals surface area contributed by atoms with E-state index in [1.165, 1.54) is 31.1 Å². The van der Waals surface area contributed by atoms with Crippen molar-refractivity contribution in [2.45, 2.75) is 46.0 Å². The molecule has 0 spiro atoms. The number of fused-ring (bicyclic) bond motifs is 4. The van der Waals surface area contributed by atoms with Gasteiger partial charge in [0.15, 0.2) is 0 Å². The maximum absolute atomic E-state index is 2.50. The van der Waals surface area contributed by atoms with Gasteiger partial charge in [-0.1, -0.05) is 26.7 Å². The minimum atomic E-state index is 0.893. The van der Waals surface area contributed by atoms with Crippen molar-refractivity contribution >= 4 is 0 Å². The molecule has 0 radical (unpaired) electrons. The quantitative estimate of drug-likeness (QED) is 0.556. The first-order valence-corrected chi connectivity index (χ1v) is 5.79. The summed E-state index contributed by atoms with van der Waals surface area (Å²) in [6.07, 6.45) is 7.70. The highest BCUT2D eigenvalue weighted by Crippen LogP contribution is 2.79. The molecule has 0 aromatic heterocycles. The second-order valence-corrected chi connectivity index (χ2v) is 5.50. The van der Waals surface area contributed by atoms with Crippen molar-refractivity contribution < 1.29 is 0 Å². The van der Waals surface area contributed by atoms with Crippen molar-refractivity contribution in [2.75, 3.05) is 0 Å². The Balaban J connectivity index is 1.84. The average Bonchev–Trinajstić information content (AvgIpc) is 2.70. The van der Waals surface area contributed by atoms with Crippen molar-refractivity contribution in [1.29, 1.82) is 0 Å². The molecular formula is C12H20. The van der Waals surface area contributed by atoms with Gasteiger partial charge in [0.1, 0.15) is 0 Å². The maximum Gasteiger partial charge on any atom is -0.0232 e. The van der Waals surface area contributed by atoms with Crippen LogP contribution in [0.15, 0.2) is 0 Å². The van der Waals surface area contributed by atoms with Gasteiger partial charge >= 0.3 is 0 Å². The Morgan fingerprint density at radius 1 is 1.33 bits per heavy atom. The first-order chi connectivity index (χ1) is 5.79. The van der Waals surface area contributed by atoms with E-state index in [0.717, 1.165) is 17.3 Å². The van der Waals surface area contributed by atoms with Crippen molar-refractivity contribution in [3.05, 3.63) is 0 Å². The maximum atomic E-state index is 2.50. The fourth-order valence-corrected chi connectivity index (χ4v) is 4.74. The zero-order valence-electron chi connectivity index (χ0n) is 8.34. The summed E-state index contributed by atoms with van der Waals surface area (Å²) in [5, 5.41) is 0. The van der Waals surface area contributed by atoms with E-state index in [2.05, 4.69) is 13.8 Å². The lowest BCUT2D eigenvalue weighted by Crippen LogP contribution is -2.44. The van der Waals surface area contributed by atoms with Gasteiger partial charge in [0.05, 0.1) is 0 Å². The highest BCUT2D eigenvalue weighted by molar-refractivity contribution is 5.21. The summed E-state index contributed by atoms with van der Waals surface area (Å²) in [4.78, 5) is 0. The molecule has 0 saturated heterocycles. The predicted octanol–water partition coefficient (Wildman–Crippen LogP) is 3.47. The smallest absolute Gasteiger partial charge is 0.0232 e. The Bertz CT molecular complexity index is 208. The lowest BCUT2D eigenvalue weighted by molar-refractivity contribution is -0.0249. The minimum Gasteiger partial charge on any atom is -0.0648 e. The molecule has 5 unspecified atom stereocenters. The van der Waals surface area contributed by atoms with E-state index in [1.807, 2.05) is 0 Å². The lowest BCUT2D eigenvalue weighted by Gasteiger charge is -2.51.